The molecule has 0 saturated heterocycles. The Morgan fingerprint density at radius 3 is 2.50 bits per heavy atom. The van der Waals surface area contributed by atoms with Gasteiger partial charge >= 0.3 is 0 Å². The van der Waals surface area contributed by atoms with Crippen molar-refractivity contribution in [3.63, 3.8) is 0 Å². The van der Waals surface area contributed by atoms with Crippen molar-refractivity contribution in [1.29, 1.82) is 0 Å². The van der Waals surface area contributed by atoms with Crippen molar-refractivity contribution in [2.24, 2.45) is 0 Å². The van der Waals surface area contributed by atoms with Crippen molar-refractivity contribution in [2.45, 2.75) is 6.92 Å². The third kappa shape index (κ3) is 2.68. The van der Waals surface area contributed by atoms with E-state index in [1.54, 1.807) is 24.1 Å². The van der Waals surface area contributed by atoms with Gasteiger partial charge in [0, 0.05) is 24.0 Å². The van der Waals surface area contributed by atoms with E-state index in [-0.39, 0.29) is 5.91 Å². The molecular formula is C14H13ClN2O. The largest absolute Gasteiger partial charge is 0.310 e. The number of carbonyl (C=O) groups excluding carboxylic acids is 1. The average Bonchev–Trinajstić information content (AvgIpc) is 2.38. The summed E-state index contributed by atoms with van der Waals surface area (Å²) in [5.74, 6) is -0.179. The Morgan fingerprint density at radius 2 is 1.89 bits per heavy atom. The Morgan fingerprint density at radius 1 is 1.22 bits per heavy atom. The molecule has 0 unspecified atom stereocenters. The first-order valence-corrected chi connectivity index (χ1v) is 5.92. The summed E-state index contributed by atoms with van der Waals surface area (Å²) in [6.07, 6.45) is 1.53. The molecule has 4 heteroatoms. The van der Waals surface area contributed by atoms with Gasteiger partial charge in [-0.15, -0.1) is 0 Å². The van der Waals surface area contributed by atoms with E-state index >= 15 is 0 Å². The predicted octanol–water partition coefficient (Wildman–Crippen LogP) is 3.32. The molecule has 0 aliphatic heterocycles. The first-order chi connectivity index (χ1) is 8.58. The van der Waals surface area contributed by atoms with Crippen LogP contribution in [-0.4, -0.2) is 17.9 Å². The second kappa shape index (κ2) is 5.19. The summed E-state index contributed by atoms with van der Waals surface area (Å²) in [6.45, 7) is 2.00. The molecule has 18 heavy (non-hydrogen) atoms. The van der Waals surface area contributed by atoms with Gasteiger partial charge < -0.3 is 4.90 Å². The first-order valence-electron chi connectivity index (χ1n) is 5.54. The van der Waals surface area contributed by atoms with Crippen LogP contribution in [-0.2, 0) is 0 Å². The van der Waals surface area contributed by atoms with Gasteiger partial charge in [0.05, 0.1) is 0 Å². The molecule has 2 aromatic rings. The number of pyridine rings is 1. The van der Waals surface area contributed by atoms with Crippen molar-refractivity contribution < 1.29 is 4.79 Å². The minimum absolute atomic E-state index is 0.179. The predicted molar refractivity (Wildman–Crippen MR) is 73.2 cm³/mol. The Bertz CT molecular complexity index is 566. The second-order valence-electron chi connectivity index (χ2n) is 4.06. The lowest BCUT2D eigenvalue weighted by Crippen LogP contribution is -2.26. The summed E-state index contributed by atoms with van der Waals surface area (Å²) in [7, 11) is 1.72. The van der Waals surface area contributed by atoms with E-state index in [0.717, 1.165) is 11.3 Å². The molecule has 0 saturated carbocycles. The molecule has 1 heterocycles. The number of benzene rings is 1. The number of aryl methyl sites for hydroxylation is 1. The number of hydrogen-bond acceptors (Lipinski definition) is 2. The molecule has 1 aromatic carbocycles. The summed E-state index contributed by atoms with van der Waals surface area (Å²) >= 11 is 5.85. The lowest BCUT2D eigenvalue weighted by Gasteiger charge is -2.17. The van der Waals surface area contributed by atoms with Crippen molar-refractivity contribution in [3.05, 3.63) is 58.9 Å². The number of aromatic nitrogens is 1. The molecule has 2 rings (SSSR count). The van der Waals surface area contributed by atoms with Crippen LogP contribution in [0.3, 0.4) is 0 Å². The molecular weight excluding hydrogens is 248 g/mol. The lowest BCUT2D eigenvalue weighted by molar-refractivity contribution is 0.0988. The van der Waals surface area contributed by atoms with Crippen LogP contribution in [0.15, 0.2) is 42.6 Å². The minimum Gasteiger partial charge on any atom is -0.310 e. The molecule has 0 aliphatic rings. The number of carbonyl (C=O) groups is 1. The molecule has 92 valence electrons. The number of anilines is 1. The van der Waals surface area contributed by atoms with Gasteiger partial charge in [-0.05, 0) is 31.2 Å². The zero-order chi connectivity index (χ0) is 13.1. The smallest absolute Gasteiger partial charge is 0.276 e. The maximum atomic E-state index is 12.2. The maximum absolute atomic E-state index is 12.2. The highest BCUT2D eigenvalue weighted by atomic mass is 35.5. The molecule has 1 aromatic heterocycles. The van der Waals surface area contributed by atoms with Crippen molar-refractivity contribution >= 4 is 23.2 Å². The number of halogens is 1. The molecule has 0 radical (unpaired) electrons. The van der Waals surface area contributed by atoms with Gasteiger partial charge in [0.1, 0.15) is 5.69 Å². The Balaban J connectivity index is 2.26. The number of rotatable bonds is 2. The van der Waals surface area contributed by atoms with Crippen LogP contribution in [0.1, 0.15) is 16.1 Å². The van der Waals surface area contributed by atoms with E-state index in [4.69, 9.17) is 11.6 Å². The zero-order valence-corrected chi connectivity index (χ0v) is 11.0. The van der Waals surface area contributed by atoms with Crippen LogP contribution in [0, 0.1) is 6.92 Å². The molecule has 0 atom stereocenters. The average molecular weight is 261 g/mol. The Kier molecular flexibility index (Phi) is 3.63. The minimum atomic E-state index is -0.179. The van der Waals surface area contributed by atoms with Crippen molar-refractivity contribution in [2.75, 3.05) is 11.9 Å². The van der Waals surface area contributed by atoms with Gasteiger partial charge in [-0.2, -0.15) is 0 Å². The fourth-order valence-electron chi connectivity index (χ4n) is 1.58. The summed E-state index contributed by atoms with van der Waals surface area (Å²) in [5, 5.41) is 0.505. The van der Waals surface area contributed by atoms with E-state index < -0.39 is 0 Å². The van der Waals surface area contributed by atoms with E-state index in [0.29, 0.717) is 10.7 Å². The van der Waals surface area contributed by atoms with Crippen LogP contribution in [0.2, 0.25) is 5.02 Å². The number of hydrogen-bond donors (Lipinski definition) is 0. The van der Waals surface area contributed by atoms with Gasteiger partial charge in [-0.3, -0.25) is 9.78 Å². The monoisotopic (exact) mass is 260 g/mol. The second-order valence-corrected chi connectivity index (χ2v) is 4.50. The SMILES string of the molecule is Cc1ccc(N(C)C(=O)c2cc(Cl)ccn2)cc1. The fourth-order valence-corrected chi connectivity index (χ4v) is 1.74. The fraction of sp³-hybridized carbons (Fsp3) is 0.143. The van der Waals surface area contributed by atoms with Crippen LogP contribution in [0.4, 0.5) is 5.69 Å². The van der Waals surface area contributed by atoms with Crippen LogP contribution < -0.4 is 4.90 Å². The summed E-state index contributed by atoms with van der Waals surface area (Å²) in [6, 6.07) is 10.9. The molecule has 0 bridgehead atoms. The highest BCUT2D eigenvalue weighted by Gasteiger charge is 2.14. The van der Waals surface area contributed by atoms with Crippen LogP contribution in [0.25, 0.3) is 0 Å². The summed E-state index contributed by atoms with van der Waals surface area (Å²) in [5.41, 5.74) is 2.32. The van der Waals surface area contributed by atoms with Crippen LogP contribution >= 0.6 is 11.6 Å². The summed E-state index contributed by atoms with van der Waals surface area (Å²) in [4.78, 5) is 17.8. The zero-order valence-electron chi connectivity index (χ0n) is 10.2. The topological polar surface area (TPSA) is 33.2 Å². The Labute approximate surface area is 111 Å². The molecule has 3 nitrogen and oxygen atoms in total. The normalized spacial score (nSPS) is 10.2. The van der Waals surface area contributed by atoms with Gasteiger partial charge in [0.2, 0.25) is 0 Å². The van der Waals surface area contributed by atoms with Gasteiger partial charge in [-0.1, -0.05) is 29.3 Å². The van der Waals surface area contributed by atoms with E-state index in [1.165, 1.54) is 6.20 Å². The van der Waals surface area contributed by atoms with Gasteiger partial charge in [0.25, 0.3) is 5.91 Å². The molecule has 0 spiro atoms. The lowest BCUT2D eigenvalue weighted by atomic mass is 10.2. The highest BCUT2D eigenvalue weighted by molar-refractivity contribution is 6.31. The van der Waals surface area contributed by atoms with Crippen LogP contribution in [0.5, 0.6) is 0 Å². The van der Waals surface area contributed by atoms with Crippen molar-refractivity contribution in [1.82, 2.24) is 4.98 Å². The van der Waals surface area contributed by atoms with E-state index in [9.17, 15) is 4.79 Å². The Hall–Kier alpha value is -1.87. The number of nitrogens with zero attached hydrogens (tertiary/aromatic N) is 2. The quantitative estimate of drug-likeness (QED) is 0.830. The molecule has 0 N–H and O–H groups in total. The maximum Gasteiger partial charge on any atom is 0.276 e. The first kappa shape index (κ1) is 12.6. The van der Waals surface area contributed by atoms with E-state index in [1.807, 2.05) is 31.2 Å². The molecule has 1 amide bonds. The van der Waals surface area contributed by atoms with Gasteiger partial charge in [-0.25, -0.2) is 0 Å². The molecule has 0 fully saturated rings. The van der Waals surface area contributed by atoms with Crippen molar-refractivity contribution in [3.8, 4) is 0 Å². The summed E-state index contributed by atoms with van der Waals surface area (Å²) < 4.78 is 0. The van der Waals surface area contributed by atoms with E-state index in [2.05, 4.69) is 4.98 Å². The highest BCUT2D eigenvalue weighted by Crippen LogP contribution is 2.16. The van der Waals surface area contributed by atoms with Gasteiger partial charge in [0.15, 0.2) is 0 Å². The molecule has 0 aliphatic carbocycles. The number of amides is 1. The third-order valence-corrected chi connectivity index (χ3v) is 2.90. The third-order valence-electron chi connectivity index (χ3n) is 2.67. The standard InChI is InChI=1S/C14H13ClN2O/c1-10-3-5-12(6-4-10)17(2)14(18)13-9-11(15)7-8-16-13/h3-9H,1-2H3.